The third-order valence-corrected chi connectivity index (χ3v) is 5.26. The summed E-state index contributed by atoms with van der Waals surface area (Å²) in [6.45, 7) is 4.62. The second-order valence-electron chi connectivity index (χ2n) is 4.53. The van der Waals surface area contributed by atoms with Crippen molar-refractivity contribution in [3.63, 3.8) is 0 Å². The summed E-state index contributed by atoms with van der Waals surface area (Å²) >= 11 is 7.35. The van der Waals surface area contributed by atoms with Gasteiger partial charge >= 0.3 is 0 Å². The fourth-order valence-electron chi connectivity index (χ4n) is 2.55. The van der Waals surface area contributed by atoms with E-state index in [0.29, 0.717) is 11.3 Å². The molecular formula is C11H19NS2. The zero-order valence-corrected chi connectivity index (χ0v) is 10.7. The van der Waals surface area contributed by atoms with Gasteiger partial charge in [-0.25, -0.2) is 0 Å². The van der Waals surface area contributed by atoms with E-state index in [1.54, 1.807) is 0 Å². The van der Waals surface area contributed by atoms with Crippen LogP contribution in [0, 0.1) is 0 Å². The van der Waals surface area contributed by atoms with Gasteiger partial charge in [0.15, 0.2) is 0 Å². The second kappa shape index (κ2) is 4.40. The van der Waals surface area contributed by atoms with Crippen molar-refractivity contribution < 1.29 is 0 Å². The van der Waals surface area contributed by atoms with E-state index in [4.69, 9.17) is 12.2 Å². The van der Waals surface area contributed by atoms with E-state index < -0.39 is 0 Å². The maximum atomic E-state index is 5.46. The zero-order chi connectivity index (χ0) is 10.1. The van der Waals surface area contributed by atoms with Gasteiger partial charge in [0.1, 0.15) is 4.32 Å². The first-order chi connectivity index (χ1) is 6.70. The topological polar surface area (TPSA) is 3.24 Å². The molecule has 2 atom stereocenters. The Kier molecular flexibility index (Phi) is 3.38. The predicted octanol–water partition coefficient (Wildman–Crippen LogP) is 3.43. The van der Waals surface area contributed by atoms with Crippen LogP contribution in [-0.2, 0) is 0 Å². The normalized spacial score (nSPS) is 35.3. The summed E-state index contributed by atoms with van der Waals surface area (Å²) in [5.41, 5.74) is 0. The average molecular weight is 229 g/mol. The molecule has 0 N–H and O–H groups in total. The van der Waals surface area contributed by atoms with Gasteiger partial charge in [-0.1, -0.05) is 50.2 Å². The van der Waals surface area contributed by atoms with Crippen LogP contribution in [0.25, 0.3) is 0 Å². The largest absolute Gasteiger partial charge is 0.351 e. The molecule has 14 heavy (non-hydrogen) atoms. The highest BCUT2D eigenvalue weighted by molar-refractivity contribution is 8.23. The second-order valence-corrected chi connectivity index (χ2v) is 6.54. The van der Waals surface area contributed by atoms with Crippen molar-refractivity contribution in [1.29, 1.82) is 0 Å². The number of thioether (sulfide) groups is 1. The quantitative estimate of drug-likeness (QED) is 0.634. The minimum Gasteiger partial charge on any atom is -0.351 e. The fourth-order valence-corrected chi connectivity index (χ4v) is 4.41. The molecule has 0 radical (unpaired) electrons. The molecule has 1 heterocycles. The molecule has 0 amide bonds. The molecule has 3 heteroatoms. The Balaban J connectivity index is 2.04. The van der Waals surface area contributed by atoms with Crippen molar-refractivity contribution in [2.24, 2.45) is 0 Å². The Morgan fingerprint density at radius 3 is 2.36 bits per heavy atom. The first kappa shape index (κ1) is 10.7. The van der Waals surface area contributed by atoms with Crippen molar-refractivity contribution in [1.82, 2.24) is 4.90 Å². The molecule has 1 nitrogen and oxygen atoms in total. The first-order valence-electron chi connectivity index (χ1n) is 5.69. The summed E-state index contributed by atoms with van der Waals surface area (Å²) in [5.74, 6) is 0. The minimum absolute atomic E-state index is 0.649. The molecule has 1 saturated heterocycles. The first-order valence-corrected chi connectivity index (χ1v) is 6.98. The highest BCUT2D eigenvalue weighted by Crippen LogP contribution is 2.36. The van der Waals surface area contributed by atoms with Crippen LogP contribution in [-0.4, -0.2) is 26.6 Å². The van der Waals surface area contributed by atoms with Crippen LogP contribution >= 0.6 is 24.0 Å². The summed E-state index contributed by atoms with van der Waals surface area (Å²) in [6.07, 6.45) is 6.94. The Hall–Kier alpha value is 0.240. The molecule has 1 saturated carbocycles. The van der Waals surface area contributed by atoms with E-state index in [2.05, 4.69) is 18.7 Å². The smallest absolute Gasteiger partial charge is 0.137 e. The highest BCUT2D eigenvalue weighted by atomic mass is 32.2. The monoisotopic (exact) mass is 229 g/mol. The summed E-state index contributed by atoms with van der Waals surface area (Å²) in [5, 5.41) is 0.685. The van der Waals surface area contributed by atoms with Gasteiger partial charge in [0.25, 0.3) is 0 Å². The molecule has 0 spiro atoms. The molecule has 1 aliphatic carbocycles. The van der Waals surface area contributed by atoms with Gasteiger partial charge < -0.3 is 4.90 Å². The van der Waals surface area contributed by atoms with Gasteiger partial charge in [-0.3, -0.25) is 0 Å². The lowest BCUT2D eigenvalue weighted by atomic mass is 9.93. The zero-order valence-electron chi connectivity index (χ0n) is 9.03. The number of hydrogen-bond acceptors (Lipinski definition) is 2. The van der Waals surface area contributed by atoms with Crippen LogP contribution in [0.3, 0.4) is 0 Å². The van der Waals surface area contributed by atoms with Crippen LogP contribution in [0.15, 0.2) is 0 Å². The van der Waals surface area contributed by atoms with Crippen LogP contribution in [0.2, 0.25) is 0 Å². The third-order valence-electron chi connectivity index (χ3n) is 3.58. The number of nitrogens with zero attached hydrogens (tertiary/aromatic N) is 1. The highest BCUT2D eigenvalue weighted by Gasteiger charge is 2.36. The van der Waals surface area contributed by atoms with Crippen molar-refractivity contribution in [2.45, 2.75) is 63.3 Å². The molecule has 2 rings (SSSR count). The van der Waals surface area contributed by atoms with Crippen molar-refractivity contribution in [3.05, 3.63) is 0 Å². The van der Waals surface area contributed by atoms with Crippen LogP contribution in [0.5, 0.6) is 0 Å². The van der Waals surface area contributed by atoms with Gasteiger partial charge in [0, 0.05) is 17.3 Å². The van der Waals surface area contributed by atoms with Crippen LogP contribution in [0.4, 0.5) is 0 Å². The van der Waals surface area contributed by atoms with E-state index in [-0.39, 0.29) is 0 Å². The summed E-state index contributed by atoms with van der Waals surface area (Å²) in [6, 6.07) is 1.40. The number of hydrogen-bond donors (Lipinski definition) is 0. The van der Waals surface area contributed by atoms with E-state index in [9.17, 15) is 0 Å². The van der Waals surface area contributed by atoms with Crippen molar-refractivity contribution >= 4 is 28.3 Å². The van der Waals surface area contributed by atoms with Gasteiger partial charge in [0.05, 0.1) is 0 Å². The van der Waals surface area contributed by atoms with E-state index in [1.165, 1.54) is 32.1 Å². The summed E-state index contributed by atoms with van der Waals surface area (Å²) in [4.78, 5) is 2.52. The minimum atomic E-state index is 0.649. The Morgan fingerprint density at radius 2 is 1.86 bits per heavy atom. The molecule has 1 aliphatic heterocycles. The Bertz CT molecular complexity index is 223. The number of thiocarbonyl (C=S) groups is 1. The standard InChI is InChI=1S/C11H19NS2/c1-8-9(2)14-11(13)12(8)10-6-4-3-5-7-10/h8-10H,3-7H2,1-2H3. The van der Waals surface area contributed by atoms with E-state index in [1.807, 2.05) is 11.8 Å². The van der Waals surface area contributed by atoms with Gasteiger partial charge in [-0.2, -0.15) is 0 Å². The lowest BCUT2D eigenvalue weighted by Gasteiger charge is -2.35. The molecule has 80 valence electrons. The molecule has 0 aromatic heterocycles. The molecule has 0 aromatic carbocycles. The molecular weight excluding hydrogens is 210 g/mol. The Morgan fingerprint density at radius 1 is 1.21 bits per heavy atom. The summed E-state index contributed by atoms with van der Waals surface area (Å²) in [7, 11) is 0. The predicted molar refractivity (Wildman–Crippen MR) is 67.8 cm³/mol. The van der Waals surface area contributed by atoms with Crippen LogP contribution < -0.4 is 0 Å². The molecule has 2 fully saturated rings. The van der Waals surface area contributed by atoms with Crippen molar-refractivity contribution in [3.8, 4) is 0 Å². The van der Waals surface area contributed by atoms with E-state index in [0.717, 1.165) is 10.4 Å². The SMILES string of the molecule is CC1SC(=S)N(C2CCCCC2)C1C. The maximum absolute atomic E-state index is 5.46. The van der Waals surface area contributed by atoms with Gasteiger partial charge in [-0.05, 0) is 19.8 Å². The maximum Gasteiger partial charge on any atom is 0.137 e. The van der Waals surface area contributed by atoms with Gasteiger partial charge in [-0.15, -0.1) is 0 Å². The Labute approximate surface area is 96.6 Å². The van der Waals surface area contributed by atoms with Crippen molar-refractivity contribution in [2.75, 3.05) is 0 Å². The molecule has 0 aromatic rings. The average Bonchev–Trinajstić information content (AvgIpc) is 2.43. The van der Waals surface area contributed by atoms with Crippen LogP contribution in [0.1, 0.15) is 46.0 Å². The van der Waals surface area contributed by atoms with E-state index >= 15 is 0 Å². The molecule has 0 bridgehead atoms. The third kappa shape index (κ3) is 1.94. The lowest BCUT2D eigenvalue weighted by molar-refractivity contribution is 0.212. The molecule has 2 aliphatic rings. The molecule has 2 unspecified atom stereocenters. The summed E-state index contributed by atoms with van der Waals surface area (Å²) < 4.78 is 1.15. The van der Waals surface area contributed by atoms with Gasteiger partial charge in [0.2, 0.25) is 0 Å². The lowest BCUT2D eigenvalue weighted by Crippen LogP contribution is -2.42. The fraction of sp³-hybridized carbons (Fsp3) is 0.909. The number of rotatable bonds is 1.